The van der Waals surface area contributed by atoms with Gasteiger partial charge in [-0.3, -0.25) is 20.2 Å². The number of carbonyl (C=O) groups excluding carboxylic acids is 1. The van der Waals surface area contributed by atoms with Crippen molar-refractivity contribution in [3.8, 4) is 0 Å². The molecule has 1 aliphatic rings. The Morgan fingerprint density at radius 2 is 2.25 bits per heavy atom. The summed E-state index contributed by atoms with van der Waals surface area (Å²) in [5, 5.41) is 14.2. The summed E-state index contributed by atoms with van der Waals surface area (Å²) in [4.78, 5) is 28.3. The van der Waals surface area contributed by atoms with Crippen LogP contribution in [0, 0.1) is 17.0 Å². The third kappa shape index (κ3) is 3.72. The highest BCUT2D eigenvalue weighted by Gasteiger charge is 2.21. The Labute approximate surface area is 148 Å². The molecule has 1 aromatic heterocycles. The van der Waals surface area contributed by atoms with Gasteiger partial charge >= 0.3 is 0 Å². The maximum Gasteiger partial charge on any atom is 0.273 e. The Morgan fingerprint density at radius 3 is 2.96 bits per heavy atom. The van der Waals surface area contributed by atoms with Gasteiger partial charge in [-0.25, -0.2) is 4.98 Å². The molecule has 7 nitrogen and oxygen atoms in total. The highest BCUT2D eigenvalue weighted by molar-refractivity contribution is 7.15. The minimum atomic E-state index is -0.490. The second-order valence-electron chi connectivity index (χ2n) is 5.60. The van der Waals surface area contributed by atoms with E-state index in [-0.39, 0.29) is 29.7 Å². The molecule has 24 heavy (non-hydrogen) atoms. The molecule has 9 heteroatoms. The molecule has 1 aliphatic carbocycles. The van der Waals surface area contributed by atoms with E-state index in [1.54, 1.807) is 19.1 Å². The van der Waals surface area contributed by atoms with E-state index >= 15 is 0 Å². The number of nitro groups is 1. The number of rotatable bonds is 3. The van der Waals surface area contributed by atoms with E-state index in [0.717, 1.165) is 29.8 Å². The second-order valence-corrected chi connectivity index (χ2v) is 6.69. The Hall–Kier alpha value is -2.03. The van der Waals surface area contributed by atoms with Crippen molar-refractivity contribution in [1.29, 1.82) is 0 Å². The van der Waals surface area contributed by atoms with Crippen LogP contribution in [0.25, 0.3) is 0 Å². The van der Waals surface area contributed by atoms with E-state index in [1.807, 2.05) is 0 Å². The first kappa shape index (κ1) is 18.3. The Kier molecular flexibility index (Phi) is 5.53. The Bertz CT molecular complexity index is 793. The number of halogens is 1. The number of nitrogens with zero attached hydrogens (tertiary/aromatic N) is 2. The van der Waals surface area contributed by atoms with Gasteiger partial charge in [0, 0.05) is 28.1 Å². The molecule has 0 saturated heterocycles. The van der Waals surface area contributed by atoms with Gasteiger partial charge < -0.3 is 5.73 Å². The normalized spacial score (nSPS) is 16.0. The van der Waals surface area contributed by atoms with Gasteiger partial charge in [-0.15, -0.1) is 23.7 Å². The number of nitrogens with one attached hydrogen (secondary N) is 1. The summed E-state index contributed by atoms with van der Waals surface area (Å²) >= 11 is 1.42. The van der Waals surface area contributed by atoms with Crippen LogP contribution < -0.4 is 11.1 Å². The van der Waals surface area contributed by atoms with Gasteiger partial charge in [-0.1, -0.05) is 6.07 Å². The molecule has 0 bridgehead atoms. The number of hydrogen-bond acceptors (Lipinski definition) is 6. The van der Waals surface area contributed by atoms with Crippen LogP contribution in [0.1, 0.15) is 32.9 Å². The number of hydrogen-bond donors (Lipinski definition) is 2. The minimum Gasteiger partial charge on any atom is -0.327 e. The van der Waals surface area contributed by atoms with Crippen LogP contribution in [0.2, 0.25) is 0 Å². The molecule has 1 atom stereocenters. The SMILES string of the molecule is Cc1ccc(C(=O)Nc2nc3c(s2)C[C@@H](N)CC3)cc1[N+](=O)[O-].Cl. The third-order valence-electron chi connectivity index (χ3n) is 3.87. The number of nitro benzene ring substituents is 1. The molecule has 128 valence electrons. The van der Waals surface area contributed by atoms with E-state index in [2.05, 4.69) is 10.3 Å². The topological polar surface area (TPSA) is 111 Å². The molecular formula is C15H17ClN4O3S. The molecule has 3 rings (SSSR count). The summed E-state index contributed by atoms with van der Waals surface area (Å²) in [5.74, 6) is -0.400. The Balaban J connectivity index is 0.00000208. The van der Waals surface area contributed by atoms with Crippen molar-refractivity contribution in [3.05, 3.63) is 50.0 Å². The highest BCUT2D eigenvalue weighted by atomic mass is 35.5. The molecule has 0 saturated carbocycles. The van der Waals surface area contributed by atoms with Crippen LogP contribution in [0.4, 0.5) is 10.8 Å². The van der Waals surface area contributed by atoms with Gasteiger partial charge in [0.25, 0.3) is 11.6 Å². The van der Waals surface area contributed by atoms with Gasteiger partial charge in [0.05, 0.1) is 10.6 Å². The quantitative estimate of drug-likeness (QED) is 0.639. The fourth-order valence-electron chi connectivity index (χ4n) is 2.57. The van der Waals surface area contributed by atoms with E-state index in [1.165, 1.54) is 17.4 Å². The number of amides is 1. The van der Waals surface area contributed by atoms with Crippen molar-refractivity contribution >= 4 is 40.5 Å². The lowest BCUT2D eigenvalue weighted by molar-refractivity contribution is -0.385. The number of carbonyl (C=O) groups is 1. The number of benzene rings is 1. The van der Waals surface area contributed by atoms with E-state index in [9.17, 15) is 14.9 Å². The van der Waals surface area contributed by atoms with Crippen molar-refractivity contribution < 1.29 is 9.72 Å². The monoisotopic (exact) mass is 368 g/mol. The largest absolute Gasteiger partial charge is 0.327 e. The lowest BCUT2D eigenvalue weighted by Gasteiger charge is -2.15. The molecular weight excluding hydrogens is 352 g/mol. The fraction of sp³-hybridized carbons (Fsp3) is 0.333. The zero-order valence-electron chi connectivity index (χ0n) is 12.9. The molecule has 1 aromatic carbocycles. The number of anilines is 1. The molecule has 0 radical (unpaired) electrons. The lowest BCUT2D eigenvalue weighted by atomic mass is 9.99. The predicted octanol–water partition coefficient (Wildman–Crippen LogP) is 2.85. The summed E-state index contributed by atoms with van der Waals surface area (Å²) in [6.07, 6.45) is 2.49. The zero-order chi connectivity index (χ0) is 16.6. The van der Waals surface area contributed by atoms with E-state index < -0.39 is 10.8 Å². The van der Waals surface area contributed by atoms with Crippen LogP contribution in [0.5, 0.6) is 0 Å². The standard InChI is InChI=1S/C15H16N4O3S.ClH/c1-8-2-3-9(6-12(8)19(21)22)14(20)18-15-17-11-5-4-10(16)7-13(11)23-15;/h2-3,6,10H,4-5,7,16H2,1H3,(H,17,18,20);1H/t10-;/m0./s1. The maximum absolute atomic E-state index is 12.3. The van der Waals surface area contributed by atoms with Gasteiger partial charge in [0.1, 0.15) is 0 Å². The van der Waals surface area contributed by atoms with Gasteiger partial charge in [-0.2, -0.15) is 0 Å². The number of nitrogens with two attached hydrogens (primary N) is 1. The molecule has 0 aliphatic heterocycles. The van der Waals surface area contributed by atoms with Gasteiger partial charge in [-0.05, 0) is 32.3 Å². The average molecular weight is 369 g/mol. The van der Waals surface area contributed by atoms with Crippen molar-refractivity contribution in [2.45, 2.75) is 32.2 Å². The smallest absolute Gasteiger partial charge is 0.273 e. The van der Waals surface area contributed by atoms with Crippen LogP contribution >= 0.6 is 23.7 Å². The van der Waals surface area contributed by atoms with Crippen LogP contribution in [0.15, 0.2) is 18.2 Å². The summed E-state index contributed by atoms with van der Waals surface area (Å²) < 4.78 is 0. The second kappa shape index (κ2) is 7.25. The fourth-order valence-corrected chi connectivity index (χ4v) is 3.67. The summed E-state index contributed by atoms with van der Waals surface area (Å²) in [7, 11) is 0. The van der Waals surface area contributed by atoms with Crippen molar-refractivity contribution in [1.82, 2.24) is 4.98 Å². The number of thiazole rings is 1. The Morgan fingerprint density at radius 1 is 1.50 bits per heavy atom. The first-order valence-corrected chi connectivity index (χ1v) is 8.06. The zero-order valence-corrected chi connectivity index (χ0v) is 14.6. The predicted molar refractivity (Wildman–Crippen MR) is 95.1 cm³/mol. The lowest BCUT2D eigenvalue weighted by Crippen LogP contribution is -2.27. The number of aryl methyl sites for hydroxylation is 2. The van der Waals surface area contributed by atoms with Crippen LogP contribution in [-0.4, -0.2) is 21.9 Å². The first-order valence-electron chi connectivity index (χ1n) is 7.24. The molecule has 1 amide bonds. The van der Waals surface area contributed by atoms with Crippen molar-refractivity contribution in [2.24, 2.45) is 5.73 Å². The highest BCUT2D eigenvalue weighted by Crippen LogP contribution is 2.29. The number of fused-ring (bicyclic) bond motifs is 1. The van der Waals surface area contributed by atoms with E-state index in [0.29, 0.717) is 10.7 Å². The molecule has 2 aromatic rings. The van der Waals surface area contributed by atoms with E-state index in [4.69, 9.17) is 5.73 Å². The molecule has 3 N–H and O–H groups in total. The summed E-state index contributed by atoms with van der Waals surface area (Å²) in [6.45, 7) is 1.64. The number of aromatic nitrogens is 1. The summed E-state index contributed by atoms with van der Waals surface area (Å²) in [5.41, 5.74) is 7.62. The molecule has 0 unspecified atom stereocenters. The van der Waals surface area contributed by atoms with Crippen LogP contribution in [-0.2, 0) is 12.8 Å². The average Bonchev–Trinajstić information content (AvgIpc) is 2.88. The van der Waals surface area contributed by atoms with Crippen molar-refractivity contribution in [2.75, 3.05) is 5.32 Å². The third-order valence-corrected chi connectivity index (χ3v) is 4.90. The molecule has 0 fully saturated rings. The summed E-state index contributed by atoms with van der Waals surface area (Å²) in [6, 6.07) is 4.57. The van der Waals surface area contributed by atoms with Gasteiger partial charge in [0.15, 0.2) is 5.13 Å². The minimum absolute atomic E-state index is 0. The molecule has 0 spiro atoms. The van der Waals surface area contributed by atoms with Crippen LogP contribution in [0.3, 0.4) is 0 Å². The molecule has 1 heterocycles. The van der Waals surface area contributed by atoms with Gasteiger partial charge in [0.2, 0.25) is 0 Å². The van der Waals surface area contributed by atoms with Crippen molar-refractivity contribution in [3.63, 3.8) is 0 Å². The maximum atomic E-state index is 12.3. The first-order chi connectivity index (χ1) is 10.9.